The lowest BCUT2D eigenvalue weighted by Crippen LogP contribution is -1.99. The zero-order valence-electron chi connectivity index (χ0n) is 9.98. The van der Waals surface area contributed by atoms with Crippen LogP contribution in [0.4, 0.5) is 5.69 Å². The number of rotatable bonds is 4. The fraction of sp³-hybridized carbons (Fsp3) is 0.0769. The van der Waals surface area contributed by atoms with E-state index in [0.29, 0.717) is 0 Å². The first kappa shape index (κ1) is 15.3. The second-order valence-electron chi connectivity index (χ2n) is 3.91. The molecule has 0 saturated heterocycles. The Morgan fingerprint density at radius 1 is 1.15 bits per heavy atom. The van der Waals surface area contributed by atoms with Crippen molar-refractivity contribution in [3.63, 3.8) is 0 Å². The molecule has 2 aromatic carbocycles. The van der Waals surface area contributed by atoms with Crippen LogP contribution in [0.3, 0.4) is 0 Å². The van der Waals surface area contributed by atoms with E-state index in [9.17, 15) is 10.1 Å². The standard InChI is InChI=1S/C13H8Cl2INO3/c14-10-5-12(17(18)19)13(6-11(10)15)20-7-8-1-3-9(16)4-2-8/h1-6H,7H2. The van der Waals surface area contributed by atoms with E-state index in [-0.39, 0.29) is 28.1 Å². The van der Waals surface area contributed by atoms with Crippen LogP contribution in [-0.4, -0.2) is 4.92 Å². The first-order chi connectivity index (χ1) is 9.47. The predicted molar refractivity (Wildman–Crippen MR) is 86.6 cm³/mol. The Kier molecular flexibility index (Phi) is 5.06. The van der Waals surface area contributed by atoms with Crippen molar-refractivity contribution < 1.29 is 9.66 Å². The van der Waals surface area contributed by atoms with Crippen LogP contribution < -0.4 is 4.74 Å². The van der Waals surface area contributed by atoms with Gasteiger partial charge in [0.15, 0.2) is 5.75 Å². The summed E-state index contributed by atoms with van der Waals surface area (Å²) < 4.78 is 6.58. The van der Waals surface area contributed by atoms with Crippen molar-refractivity contribution >= 4 is 51.5 Å². The lowest BCUT2D eigenvalue weighted by molar-refractivity contribution is -0.385. The second kappa shape index (κ2) is 6.60. The number of hydrogen-bond donors (Lipinski definition) is 0. The van der Waals surface area contributed by atoms with E-state index in [1.807, 2.05) is 24.3 Å². The van der Waals surface area contributed by atoms with Gasteiger partial charge in [0.1, 0.15) is 6.61 Å². The zero-order chi connectivity index (χ0) is 14.7. The molecule has 0 amide bonds. The minimum atomic E-state index is -0.550. The second-order valence-corrected chi connectivity index (χ2v) is 5.97. The molecular weight excluding hydrogens is 416 g/mol. The van der Waals surface area contributed by atoms with Crippen LogP contribution in [0.2, 0.25) is 10.0 Å². The number of hydrogen-bond acceptors (Lipinski definition) is 3. The molecule has 0 aliphatic carbocycles. The molecule has 0 saturated carbocycles. The van der Waals surface area contributed by atoms with Crippen LogP contribution in [0.25, 0.3) is 0 Å². The van der Waals surface area contributed by atoms with Gasteiger partial charge >= 0.3 is 5.69 Å². The van der Waals surface area contributed by atoms with Gasteiger partial charge in [-0.3, -0.25) is 10.1 Å². The number of halogens is 3. The molecule has 0 bridgehead atoms. The summed E-state index contributed by atoms with van der Waals surface area (Å²) in [4.78, 5) is 10.4. The van der Waals surface area contributed by atoms with Crippen LogP contribution in [0.1, 0.15) is 5.56 Å². The predicted octanol–water partition coefficient (Wildman–Crippen LogP) is 5.09. The number of ether oxygens (including phenoxy) is 1. The summed E-state index contributed by atoms with van der Waals surface area (Å²) in [6.45, 7) is 0.218. The quantitative estimate of drug-likeness (QED) is 0.391. The third kappa shape index (κ3) is 3.74. The molecule has 0 aliphatic rings. The average molecular weight is 424 g/mol. The Bertz CT molecular complexity index is 647. The largest absolute Gasteiger partial charge is 0.482 e. The zero-order valence-corrected chi connectivity index (χ0v) is 13.6. The van der Waals surface area contributed by atoms with Gasteiger partial charge in [0.25, 0.3) is 0 Å². The van der Waals surface area contributed by atoms with Gasteiger partial charge in [-0.25, -0.2) is 0 Å². The van der Waals surface area contributed by atoms with E-state index in [0.717, 1.165) is 9.13 Å². The van der Waals surface area contributed by atoms with Crippen molar-refractivity contribution in [3.8, 4) is 5.75 Å². The number of nitro benzene ring substituents is 1. The summed E-state index contributed by atoms with van der Waals surface area (Å²) in [6.07, 6.45) is 0. The first-order valence-corrected chi connectivity index (χ1v) is 7.31. The molecule has 104 valence electrons. The van der Waals surface area contributed by atoms with E-state index >= 15 is 0 Å². The topological polar surface area (TPSA) is 52.4 Å². The van der Waals surface area contributed by atoms with Crippen LogP contribution in [0.15, 0.2) is 36.4 Å². The molecule has 0 N–H and O–H groups in total. The van der Waals surface area contributed by atoms with E-state index in [2.05, 4.69) is 22.6 Å². The lowest BCUT2D eigenvalue weighted by atomic mass is 10.2. The van der Waals surface area contributed by atoms with Gasteiger partial charge in [0.05, 0.1) is 15.0 Å². The van der Waals surface area contributed by atoms with Crippen LogP contribution >= 0.6 is 45.8 Å². The average Bonchev–Trinajstić information content (AvgIpc) is 2.41. The van der Waals surface area contributed by atoms with E-state index in [4.69, 9.17) is 27.9 Å². The third-order valence-electron chi connectivity index (χ3n) is 2.51. The maximum atomic E-state index is 11.0. The lowest BCUT2D eigenvalue weighted by Gasteiger charge is -2.08. The van der Waals surface area contributed by atoms with Gasteiger partial charge in [-0.05, 0) is 40.3 Å². The summed E-state index contributed by atoms with van der Waals surface area (Å²) in [7, 11) is 0. The minimum absolute atomic E-state index is 0.1000. The molecule has 0 fully saturated rings. The Hall–Kier alpha value is -1.05. The van der Waals surface area contributed by atoms with Gasteiger partial charge in [0.2, 0.25) is 0 Å². The van der Waals surface area contributed by atoms with Crippen LogP contribution in [-0.2, 0) is 6.61 Å². The molecule has 0 unspecified atom stereocenters. The highest BCUT2D eigenvalue weighted by Crippen LogP contribution is 2.36. The van der Waals surface area contributed by atoms with Crippen molar-refractivity contribution in [3.05, 3.63) is 65.7 Å². The molecule has 2 rings (SSSR count). The smallest absolute Gasteiger partial charge is 0.312 e. The van der Waals surface area contributed by atoms with E-state index < -0.39 is 4.92 Å². The molecule has 7 heteroatoms. The Labute approximate surface area is 138 Å². The van der Waals surface area contributed by atoms with Crippen LogP contribution in [0, 0.1) is 13.7 Å². The molecule has 0 heterocycles. The molecule has 0 aromatic heterocycles. The van der Waals surface area contributed by atoms with Crippen LogP contribution in [0.5, 0.6) is 5.75 Å². The van der Waals surface area contributed by atoms with Crippen molar-refractivity contribution in [2.75, 3.05) is 0 Å². The molecule has 0 atom stereocenters. The fourth-order valence-corrected chi connectivity index (χ4v) is 2.19. The molecule has 20 heavy (non-hydrogen) atoms. The highest BCUT2D eigenvalue weighted by Gasteiger charge is 2.18. The van der Waals surface area contributed by atoms with Gasteiger partial charge in [0, 0.05) is 15.7 Å². The van der Waals surface area contributed by atoms with Gasteiger partial charge in [-0.2, -0.15) is 0 Å². The van der Waals surface area contributed by atoms with Crippen molar-refractivity contribution in [2.45, 2.75) is 6.61 Å². The summed E-state index contributed by atoms with van der Waals surface area (Å²) in [5.74, 6) is 0.1000. The molecule has 0 spiro atoms. The van der Waals surface area contributed by atoms with E-state index in [1.54, 1.807) is 0 Å². The van der Waals surface area contributed by atoms with Gasteiger partial charge in [-0.15, -0.1) is 0 Å². The molecule has 0 radical (unpaired) electrons. The molecule has 0 aliphatic heterocycles. The summed E-state index contributed by atoms with van der Waals surface area (Å²) in [5, 5.41) is 11.3. The molecular formula is C13H8Cl2INO3. The SMILES string of the molecule is O=[N+]([O-])c1cc(Cl)c(Cl)cc1OCc1ccc(I)cc1. The maximum absolute atomic E-state index is 11.0. The minimum Gasteiger partial charge on any atom is -0.482 e. The van der Waals surface area contributed by atoms with Crippen molar-refractivity contribution in [1.82, 2.24) is 0 Å². The molecule has 4 nitrogen and oxygen atoms in total. The van der Waals surface area contributed by atoms with Crippen molar-refractivity contribution in [1.29, 1.82) is 0 Å². The summed E-state index contributed by atoms with van der Waals surface area (Å²) in [5.41, 5.74) is 0.704. The monoisotopic (exact) mass is 423 g/mol. The number of nitro groups is 1. The Balaban J connectivity index is 2.22. The van der Waals surface area contributed by atoms with Crippen molar-refractivity contribution in [2.24, 2.45) is 0 Å². The highest BCUT2D eigenvalue weighted by atomic mass is 127. The van der Waals surface area contributed by atoms with Gasteiger partial charge in [-0.1, -0.05) is 35.3 Å². The summed E-state index contributed by atoms with van der Waals surface area (Å²) in [6, 6.07) is 10.2. The van der Waals surface area contributed by atoms with E-state index in [1.165, 1.54) is 12.1 Å². The normalized spacial score (nSPS) is 10.3. The Morgan fingerprint density at radius 3 is 2.35 bits per heavy atom. The first-order valence-electron chi connectivity index (χ1n) is 5.48. The molecule has 2 aromatic rings. The fourth-order valence-electron chi connectivity index (χ4n) is 1.52. The third-order valence-corrected chi connectivity index (χ3v) is 3.95. The Morgan fingerprint density at radius 2 is 1.75 bits per heavy atom. The highest BCUT2D eigenvalue weighted by molar-refractivity contribution is 14.1. The van der Waals surface area contributed by atoms with Gasteiger partial charge < -0.3 is 4.74 Å². The summed E-state index contributed by atoms with van der Waals surface area (Å²) >= 11 is 13.8. The maximum Gasteiger partial charge on any atom is 0.312 e. The number of nitrogens with zero attached hydrogens (tertiary/aromatic N) is 1. The number of benzene rings is 2.